The lowest BCUT2D eigenvalue weighted by Gasteiger charge is -2.15. The number of carboxylic acids is 1. The molecule has 0 saturated carbocycles. The Hall–Kier alpha value is -2.02. The van der Waals surface area contributed by atoms with Crippen LogP contribution in [0.15, 0.2) is 6.07 Å². The second-order valence-corrected chi connectivity index (χ2v) is 3.88. The van der Waals surface area contributed by atoms with Crippen LogP contribution in [0.1, 0.15) is 35.0 Å². The SMILES string of the molecule is C#CC(CC)Nc1nc(C)cc(C)c1C(=O)O. The Balaban J connectivity index is 3.22. The molecule has 0 spiro atoms. The number of nitrogens with one attached hydrogen (secondary N) is 1. The lowest BCUT2D eigenvalue weighted by Crippen LogP contribution is -2.20. The molecule has 0 aliphatic carbocycles. The molecule has 1 aromatic rings. The van der Waals surface area contributed by atoms with E-state index in [2.05, 4.69) is 16.2 Å². The first-order valence-electron chi connectivity index (χ1n) is 5.43. The van der Waals surface area contributed by atoms with Gasteiger partial charge in [0, 0.05) is 5.69 Å². The number of aromatic nitrogens is 1. The smallest absolute Gasteiger partial charge is 0.339 e. The minimum atomic E-state index is -0.996. The van der Waals surface area contributed by atoms with E-state index >= 15 is 0 Å². The van der Waals surface area contributed by atoms with Crippen molar-refractivity contribution in [2.45, 2.75) is 33.2 Å². The van der Waals surface area contributed by atoms with Gasteiger partial charge in [-0.2, -0.15) is 0 Å². The first-order chi connectivity index (χ1) is 7.99. The molecular weight excluding hydrogens is 216 g/mol. The van der Waals surface area contributed by atoms with Crippen molar-refractivity contribution >= 4 is 11.8 Å². The van der Waals surface area contributed by atoms with E-state index in [1.807, 2.05) is 13.8 Å². The molecule has 0 bridgehead atoms. The molecule has 1 heterocycles. The minimum Gasteiger partial charge on any atom is -0.478 e. The Morgan fingerprint density at radius 2 is 2.29 bits per heavy atom. The molecule has 1 atom stereocenters. The van der Waals surface area contributed by atoms with Crippen LogP contribution < -0.4 is 5.32 Å². The third-order valence-electron chi connectivity index (χ3n) is 2.48. The summed E-state index contributed by atoms with van der Waals surface area (Å²) in [4.78, 5) is 15.4. The van der Waals surface area contributed by atoms with Gasteiger partial charge in [0.15, 0.2) is 0 Å². The molecule has 1 aromatic heterocycles. The average Bonchev–Trinajstić information content (AvgIpc) is 2.24. The maximum absolute atomic E-state index is 11.2. The third kappa shape index (κ3) is 2.97. The Morgan fingerprint density at radius 1 is 1.65 bits per heavy atom. The van der Waals surface area contributed by atoms with E-state index in [9.17, 15) is 4.79 Å². The monoisotopic (exact) mass is 232 g/mol. The van der Waals surface area contributed by atoms with Gasteiger partial charge in [0.25, 0.3) is 0 Å². The van der Waals surface area contributed by atoms with Gasteiger partial charge < -0.3 is 10.4 Å². The van der Waals surface area contributed by atoms with Crippen molar-refractivity contribution in [2.24, 2.45) is 0 Å². The van der Waals surface area contributed by atoms with Crippen LogP contribution >= 0.6 is 0 Å². The first-order valence-corrected chi connectivity index (χ1v) is 5.43. The number of terminal acetylenes is 1. The quantitative estimate of drug-likeness (QED) is 0.781. The molecule has 0 aromatic carbocycles. The fraction of sp³-hybridized carbons (Fsp3) is 0.385. The van der Waals surface area contributed by atoms with Gasteiger partial charge in [0.05, 0.1) is 6.04 Å². The number of carbonyl (C=O) groups is 1. The normalized spacial score (nSPS) is 11.6. The standard InChI is InChI=1S/C13H16N2O2/c1-5-10(6-2)15-12-11(13(16)17)8(3)7-9(4)14-12/h1,7,10H,6H2,2-4H3,(H,14,15)(H,16,17). The Bertz CT molecular complexity index is 475. The summed E-state index contributed by atoms with van der Waals surface area (Å²) in [6, 6.07) is 1.53. The highest BCUT2D eigenvalue weighted by Crippen LogP contribution is 2.19. The molecule has 0 aliphatic heterocycles. The molecule has 0 radical (unpaired) electrons. The van der Waals surface area contributed by atoms with Crippen molar-refractivity contribution in [3.8, 4) is 12.3 Å². The van der Waals surface area contributed by atoms with Gasteiger partial charge in [-0.25, -0.2) is 9.78 Å². The molecule has 0 aliphatic rings. The predicted octanol–water partition coefficient (Wildman–Crippen LogP) is 2.22. The van der Waals surface area contributed by atoms with Crippen molar-refractivity contribution in [2.75, 3.05) is 5.32 Å². The number of carboxylic acid groups (broad SMARTS) is 1. The number of anilines is 1. The van der Waals surface area contributed by atoms with E-state index in [4.69, 9.17) is 11.5 Å². The van der Waals surface area contributed by atoms with Gasteiger partial charge in [-0.1, -0.05) is 12.8 Å². The first kappa shape index (κ1) is 13.0. The maximum Gasteiger partial charge on any atom is 0.339 e. The van der Waals surface area contributed by atoms with E-state index in [1.165, 1.54) is 0 Å². The summed E-state index contributed by atoms with van der Waals surface area (Å²) >= 11 is 0. The molecule has 0 fully saturated rings. The molecule has 2 N–H and O–H groups in total. The Kier molecular flexibility index (Phi) is 4.11. The maximum atomic E-state index is 11.2. The minimum absolute atomic E-state index is 0.185. The Labute approximate surface area is 101 Å². The van der Waals surface area contributed by atoms with Gasteiger partial charge in [-0.05, 0) is 31.9 Å². The van der Waals surface area contributed by atoms with E-state index < -0.39 is 5.97 Å². The van der Waals surface area contributed by atoms with E-state index in [1.54, 1.807) is 13.0 Å². The van der Waals surface area contributed by atoms with Crippen LogP contribution in [0.25, 0.3) is 0 Å². The summed E-state index contributed by atoms with van der Waals surface area (Å²) in [5.41, 5.74) is 1.63. The van der Waals surface area contributed by atoms with E-state index in [-0.39, 0.29) is 11.6 Å². The van der Waals surface area contributed by atoms with Crippen molar-refractivity contribution < 1.29 is 9.90 Å². The van der Waals surface area contributed by atoms with E-state index in [0.717, 1.165) is 5.69 Å². The highest BCUT2D eigenvalue weighted by molar-refractivity contribution is 5.94. The van der Waals surface area contributed by atoms with Gasteiger partial charge >= 0.3 is 5.97 Å². The highest BCUT2D eigenvalue weighted by atomic mass is 16.4. The molecule has 17 heavy (non-hydrogen) atoms. The largest absolute Gasteiger partial charge is 0.478 e. The molecule has 90 valence electrons. The molecule has 1 rings (SSSR count). The van der Waals surface area contributed by atoms with Gasteiger partial charge in [0.2, 0.25) is 0 Å². The fourth-order valence-electron chi connectivity index (χ4n) is 1.64. The zero-order valence-corrected chi connectivity index (χ0v) is 10.2. The molecule has 0 saturated heterocycles. The summed E-state index contributed by atoms with van der Waals surface area (Å²) in [6.07, 6.45) is 6.06. The molecule has 4 nitrogen and oxygen atoms in total. The zero-order chi connectivity index (χ0) is 13.0. The van der Waals surface area contributed by atoms with Gasteiger partial charge in [-0.15, -0.1) is 6.42 Å². The van der Waals surface area contributed by atoms with Crippen molar-refractivity contribution in [1.29, 1.82) is 0 Å². The lowest BCUT2D eigenvalue weighted by molar-refractivity contribution is 0.0697. The van der Waals surface area contributed by atoms with Crippen molar-refractivity contribution in [1.82, 2.24) is 4.98 Å². The number of pyridine rings is 1. The fourth-order valence-corrected chi connectivity index (χ4v) is 1.64. The highest BCUT2D eigenvalue weighted by Gasteiger charge is 2.17. The molecular formula is C13H16N2O2. The summed E-state index contributed by atoms with van der Waals surface area (Å²) in [5, 5.41) is 12.1. The van der Waals surface area contributed by atoms with Crippen molar-refractivity contribution in [3.05, 3.63) is 22.9 Å². The number of hydrogen-bond donors (Lipinski definition) is 2. The number of aromatic carboxylic acids is 1. The van der Waals surface area contributed by atoms with Crippen LogP contribution in [0, 0.1) is 26.2 Å². The van der Waals surface area contributed by atoms with Crippen LogP contribution in [0.3, 0.4) is 0 Å². The number of rotatable bonds is 4. The summed E-state index contributed by atoms with van der Waals surface area (Å²) in [7, 11) is 0. The van der Waals surface area contributed by atoms with Crippen LogP contribution in [0.5, 0.6) is 0 Å². The van der Waals surface area contributed by atoms with E-state index in [0.29, 0.717) is 17.8 Å². The lowest BCUT2D eigenvalue weighted by atomic mass is 10.1. The zero-order valence-electron chi connectivity index (χ0n) is 10.2. The van der Waals surface area contributed by atoms with Crippen LogP contribution in [0.4, 0.5) is 5.82 Å². The van der Waals surface area contributed by atoms with Crippen molar-refractivity contribution in [3.63, 3.8) is 0 Å². The summed E-state index contributed by atoms with van der Waals surface area (Å²) < 4.78 is 0. The third-order valence-corrected chi connectivity index (χ3v) is 2.48. The van der Waals surface area contributed by atoms with Gasteiger partial charge in [0.1, 0.15) is 11.4 Å². The Morgan fingerprint density at radius 3 is 2.76 bits per heavy atom. The molecule has 0 amide bonds. The van der Waals surface area contributed by atoms with Gasteiger partial charge in [-0.3, -0.25) is 0 Å². The number of nitrogens with zero attached hydrogens (tertiary/aromatic N) is 1. The van der Waals surface area contributed by atoms with Crippen LogP contribution in [0.2, 0.25) is 0 Å². The molecule has 1 unspecified atom stereocenters. The second kappa shape index (κ2) is 5.35. The van der Waals surface area contributed by atoms with Crippen LogP contribution in [-0.2, 0) is 0 Å². The van der Waals surface area contributed by atoms with Crippen LogP contribution in [-0.4, -0.2) is 22.1 Å². The average molecular weight is 232 g/mol. The summed E-state index contributed by atoms with van der Waals surface area (Å²) in [5.74, 6) is 1.91. The molecule has 4 heteroatoms. The second-order valence-electron chi connectivity index (χ2n) is 3.88. The summed E-state index contributed by atoms with van der Waals surface area (Å²) in [6.45, 7) is 5.50. The number of hydrogen-bond acceptors (Lipinski definition) is 3. The topological polar surface area (TPSA) is 62.2 Å². The predicted molar refractivity (Wildman–Crippen MR) is 67.2 cm³/mol. The number of aryl methyl sites for hydroxylation is 2.